The molecule has 0 aromatic carbocycles. The standard InChI is InChI=1S/C12H21N3O/c1-9-12(15-8-14-9)7-13-6-10-3-2-4-11(16)5-10/h8,10-11,13,16H,2-7H2,1H3,(H,14,15). The summed E-state index contributed by atoms with van der Waals surface area (Å²) in [5, 5.41) is 13.0. The summed E-state index contributed by atoms with van der Waals surface area (Å²) in [4.78, 5) is 7.32. The zero-order valence-electron chi connectivity index (χ0n) is 9.87. The molecule has 1 aromatic rings. The monoisotopic (exact) mass is 223 g/mol. The highest BCUT2D eigenvalue weighted by Gasteiger charge is 2.19. The molecular formula is C12H21N3O. The molecule has 0 spiro atoms. The van der Waals surface area contributed by atoms with E-state index in [2.05, 4.69) is 15.3 Å². The van der Waals surface area contributed by atoms with E-state index in [1.807, 2.05) is 6.92 Å². The molecule has 4 nitrogen and oxygen atoms in total. The minimum atomic E-state index is -0.0762. The van der Waals surface area contributed by atoms with Gasteiger partial charge in [-0.05, 0) is 38.6 Å². The summed E-state index contributed by atoms with van der Waals surface area (Å²) in [5.41, 5.74) is 2.23. The summed E-state index contributed by atoms with van der Waals surface area (Å²) in [5.74, 6) is 0.628. The quantitative estimate of drug-likeness (QED) is 0.722. The summed E-state index contributed by atoms with van der Waals surface area (Å²) in [6, 6.07) is 0. The molecule has 1 saturated carbocycles. The number of rotatable bonds is 4. The molecule has 0 radical (unpaired) electrons. The second-order valence-electron chi connectivity index (χ2n) is 4.79. The van der Waals surface area contributed by atoms with Gasteiger partial charge >= 0.3 is 0 Å². The Bertz CT molecular complexity index is 324. The number of aromatic nitrogens is 2. The summed E-state index contributed by atoms with van der Waals surface area (Å²) >= 11 is 0. The van der Waals surface area contributed by atoms with Crippen molar-refractivity contribution in [3.63, 3.8) is 0 Å². The Labute approximate surface area is 96.5 Å². The van der Waals surface area contributed by atoms with Crippen molar-refractivity contribution in [2.75, 3.05) is 6.54 Å². The average Bonchev–Trinajstić information content (AvgIpc) is 2.65. The Kier molecular flexibility index (Phi) is 3.96. The maximum absolute atomic E-state index is 9.56. The third kappa shape index (κ3) is 3.06. The molecule has 1 aliphatic carbocycles. The highest BCUT2D eigenvalue weighted by molar-refractivity contribution is 5.07. The Hall–Kier alpha value is -0.870. The van der Waals surface area contributed by atoms with Crippen LogP contribution in [0.4, 0.5) is 0 Å². The van der Waals surface area contributed by atoms with E-state index in [0.29, 0.717) is 5.92 Å². The molecule has 0 amide bonds. The predicted molar refractivity (Wildman–Crippen MR) is 63.0 cm³/mol. The summed E-state index contributed by atoms with van der Waals surface area (Å²) in [6.07, 6.45) is 5.99. The molecule has 1 aliphatic rings. The van der Waals surface area contributed by atoms with E-state index in [0.717, 1.165) is 43.7 Å². The number of hydrogen-bond donors (Lipinski definition) is 3. The average molecular weight is 223 g/mol. The van der Waals surface area contributed by atoms with Gasteiger partial charge in [0.1, 0.15) is 0 Å². The van der Waals surface area contributed by atoms with E-state index in [4.69, 9.17) is 0 Å². The van der Waals surface area contributed by atoms with Crippen LogP contribution in [0, 0.1) is 12.8 Å². The van der Waals surface area contributed by atoms with Crippen molar-refractivity contribution in [3.8, 4) is 0 Å². The highest BCUT2D eigenvalue weighted by atomic mass is 16.3. The fourth-order valence-corrected chi connectivity index (χ4v) is 2.41. The van der Waals surface area contributed by atoms with Crippen molar-refractivity contribution < 1.29 is 5.11 Å². The number of aliphatic hydroxyl groups is 1. The van der Waals surface area contributed by atoms with Crippen molar-refractivity contribution in [1.82, 2.24) is 15.3 Å². The van der Waals surface area contributed by atoms with Gasteiger partial charge < -0.3 is 15.4 Å². The summed E-state index contributed by atoms with van der Waals surface area (Å²) in [6.45, 7) is 3.85. The fraction of sp³-hybridized carbons (Fsp3) is 0.750. The van der Waals surface area contributed by atoms with Crippen molar-refractivity contribution in [3.05, 3.63) is 17.7 Å². The Morgan fingerprint density at radius 2 is 2.44 bits per heavy atom. The molecule has 2 atom stereocenters. The topological polar surface area (TPSA) is 60.9 Å². The van der Waals surface area contributed by atoms with Crippen LogP contribution >= 0.6 is 0 Å². The van der Waals surface area contributed by atoms with Gasteiger partial charge in [-0.2, -0.15) is 0 Å². The first-order valence-corrected chi connectivity index (χ1v) is 6.13. The third-order valence-corrected chi connectivity index (χ3v) is 3.41. The molecule has 2 rings (SSSR count). The van der Waals surface area contributed by atoms with Crippen LogP contribution in [0.25, 0.3) is 0 Å². The second-order valence-corrected chi connectivity index (χ2v) is 4.79. The largest absolute Gasteiger partial charge is 0.393 e. The van der Waals surface area contributed by atoms with E-state index in [1.165, 1.54) is 6.42 Å². The molecule has 16 heavy (non-hydrogen) atoms. The van der Waals surface area contributed by atoms with Crippen LogP contribution in [0.5, 0.6) is 0 Å². The summed E-state index contributed by atoms with van der Waals surface area (Å²) < 4.78 is 0. The molecule has 4 heteroatoms. The van der Waals surface area contributed by atoms with Gasteiger partial charge in [-0.15, -0.1) is 0 Å². The molecule has 0 saturated heterocycles. The number of H-pyrrole nitrogens is 1. The Balaban J connectivity index is 1.70. The predicted octanol–water partition coefficient (Wildman–Crippen LogP) is 1.36. The minimum Gasteiger partial charge on any atom is -0.393 e. The first-order valence-electron chi connectivity index (χ1n) is 6.13. The Morgan fingerprint density at radius 1 is 1.56 bits per heavy atom. The molecular weight excluding hydrogens is 202 g/mol. The molecule has 0 bridgehead atoms. The molecule has 2 unspecified atom stereocenters. The zero-order valence-corrected chi connectivity index (χ0v) is 9.87. The number of imidazole rings is 1. The van der Waals surface area contributed by atoms with Gasteiger partial charge in [0, 0.05) is 12.2 Å². The molecule has 1 aromatic heterocycles. The molecule has 1 fully saturated rings. The number of hydrogen-bond acceptors (Lipinski definition) is 3. The summed E-state index contributed by atoms with van der Waals surface area (Å²) in [7, 11) is 0. The number of nitrogens with one attached hydrogen (secondary N) is 2. The molecule has 1 heterocycles. The van der Waals surface area contributed by atoms with Gasteiger partial charge in [0.15, 0.2) is 0 Å². The van der Waals surface area contributed by atoms with Gasteiger partial charge in [0.25, 0.3) is 0 Å². The van der Waals surface area contributed by atoms with Gasteiger partial charge in [-0.1, -0.05) is 6.42 Å². The van der Waals surface area contributed by atoms with E-state index in [9.17, 15) is 5.11 Å². The highest BCUT2D eigenvalue weighted by Crippen LogP contribution is 2.23. The fourth-order valence-electron chi connectivity index (χ4n) is 2.41. The Morgan fingerprint density at radius 3 is 3.12 bits per heavy atom. The number of aryl methyl sites for hydroxylation is 1. The van der Waals surface area contributed by atoms with Crippen LogP contribution < -0.4 is 5.32 Å². The van der Waals surface area contributed by atoms with Crippen molar-refractivity contribution in [2.24, 2.45) is 5.92 Å². The first kappa shape index (κ1) is 11.6. The van der Waals surface area contributed by atoms with Gasteiger partial charge in [0.05, 0.1) is 18.1 Å². The minimum absolute atomic E-state index is 0.0762. The number of aromatic amines is 1. The lowest BCUT2D eigenvalue weighted by molar-refractivity contribution is 0.101. The van der Waals surface area contributed by atoms with Crippen LogP contribution in [-0.4, -0.2) is 27.7 Å². The first-order chi connectivity index (χ1) is 7.75. The van der Waals surface area contributed by atoms with Crippen LogP contribution in [-0.2, 0) is 6.54 Å². The van der Waals surface area contributed by atoms with Crippen molar-refractivity contribution in [1.29, 1.82) is 0 Å². The normalized spacial score (nSPS) is 25.9. The van der Waals surface area contributed by atoms with Crippen LogP contribution in [0.1, 0.15) is 37.1 Å². The van der Waals surface area contributed by atoms with E-state index in [-0.39, 0.29) is 6.10 Å². The SMILES string of the molecule is Cc1[nH]cnc1CNCC1CCCC(O)C1. The second kappa shape index (κ2) is 5.46. The molecule has 90 valence electrons. The lowest BCUT2D eigenvalue weighted by Gasteiger charge is -2.25. The molecule has 3 N–H and O–H groups in total. The van der Waals surface area contributed by atoms with Crippen LogP contribution in [0.3, 0.4) is 0 Å². The van der Waals surface area contributed by atoms with Crippen molar-refractivity contribution >= 4 is 0 Å². The maximum Gasteiger partial charge on any atom is 0.0925 e. The number of aliphatic hydroxyl groups excluding tert-OH is 1. The third-order valence-electron chi connectivity index (χ3n) is 3.41. The molecule has 0 aliphatic heterocycles. The lowest BCUT2D eigenvalue weighted by atomic mass is 9.87. The van der Waals surface area contributed by atoms with Crippen LogP contribution in [0.2, 0.25) is 0 Å². The van der Waals surface area contributed by atoms with E-state index < -0.39 is 0 Å². The van der Waals surface area contributed by atoms with E-state index >= 15 is 0 Å². The zero-order chi connectivity index (χ0) is 11.4. The van der Waals surface area contributed by atoms with Gasteiger partial charge in [-0.25, -0.2) is 4.98 Å². The van der Waals surface area contributed by atoms with Gasteiger partial charge in [0.2, 0.25) is 0 Å². The van der Waals surface area contributed by atoms with Crippen molar-refractivity contribution in [2.45, 2.75) is 45.3 Å². The van der Waals surface area contributed by atoms with Gasteiger partial charge in [-0.3, -0.25) is 0 Å². The van der Waals surface area contributed by atoms with Crippen LogP contribution in [0.15, 0.2) is 6.33 Å². The smallest absolute Gasteiger partial charge is 0.0925 e. The lowest BCUT2D eigenvalue weighted by Crippen LogP contribution is -2.29. The number of nitrogens with zero attached hydrogens (tertiary/aromatic N) is 1. The van der Waals surface area contributed by atoms with E-state index in [1.54, 1.807) is 6.33 Å². The maximum atomic E-state index is 9.56.